The molecule has 120 valence electrons. The van der Waals surface area contributed by atoms with Crippen LogP contribution in [0.25, 0.3) is 5.00 Å². The third kappa shape index (κ3) is 3.11. The number of carbonyl (C=O) groups is 1. The first kappa shape index (κ1) is 15.3. The number of thiophene rings is 1. The Kier molecular flexibility index (Phi) is 4.15. The highest BCUT2D eigenvalue weighted by molar-refractivity contribution is 7.15. The Morgan fingerprint density at radius 2 is 2.22 bits per heavy atom. The molecular weight excluding hydrogens is 318 g/mol. The number of amides is 1. The molecule has 1 amide bonds. The second-order valence-electron chi connectivity index (χ2n) is 4.96. The second-order valence-corrected chi connectivity index (χ2v) is 6.16. The van der Waals surface area contributed by atoms with Crippen LogP contribution in [0.4, 0.5) is 0 Å². The smallest absolute Gasteiger partial charge is 0.254 e. The van der Waals surface area contributed by atoms with Crippen LogP contribution in [0, 0.1) is 20.8 Å². The van der Waals surface area contributed by atoms with E-state index in [4.69, 9.17) is 4.52 Å². The van der Waals surface area contributed by atoms with Gasteiger partial charge in [0.25, 0.3) is 5.91 Å². The Balaban J connectivity index is 1.74. The molecule has 10 heteroatoms. The van der Waals surface area contributed by atoms with E-state index >= 15 is 0 Å². The Hall–Kier alpha value is -2.62. The lowest BCUT2D eigenvalue weighted by atomic mass is 10.1. The van der Waals surface area contributed by atoms with Gasteiger partial charge in [-0.25, -0.2) is 0 Å². The van der Waals surface area contributed by atoms with Gasteiger partial charge in [0, 0.05) is 17.8 Å². The van der Waals surface area contributed by atoms with E-state index in [0.717, 1.165) is 10.4 Å². The van der Waals surface area contributed by atoms with Crippen LogP contribution in [0.2, 0.25) is 0 Å². The molecule has 0 aliphatic rings. The molecule has 9 nitrogen and oxygen atoms in total. The summed E-state index contributed by atoms with van der Waals surface area (Å²) < 4.78 is 6.52. The van der Waals surface area contributed by atoms with Crippen molar-refractivity contribution in [1.82, 2.24) is 35.7 Å². The Bertz CT molecular complexity index is 822. The lowest BCUT2D eigenvalue weighted by molar-refractivity contribution is 0.0953. The van der Waals surface area contributed by atoms with Gasteiger partial charge in [-0.1, -0.05) is 5.16 Å². The standard InChI is InChI=1S/C13H15N7O2S/c1-7-8(2)23-13(20-6-15-18-19-20)11(7)12(21)14-5-4-10-16-9(3)17-22-10/h6H,4-5H2,1-3H3,(H,14,21). The Morgan fingerprint density at radius 1 is 1.39 bits per heavy atom. The summed E-state index contributed by atoms with van der Waals surface area (Å²) in [7, 11) is 0. The van der Waals surface area contributed by atoms with E-state index in [1.54, 1.807) is 6.92 Å². The first-order chi connectivity index (χ1) is 11.1. The molecule has 0 aliphatic heterocycles. The van der Waals surface area contributed by atoms with E-state index < -0.39 is 0 Å². The van der Waals surface area contributed by atoms with Gasteiger partial charge in [-0.3, -0.25) is 4.79 Å². The van der Waals surface area contributed by atoms with Gasteiger partial charge >= 0.3 is 0 Å². The SMILES string of the molecule is Cc1noc(CCNC(=O)c2c(-n3cnnn3)sc(C)c2C)n1. The molecule has 3 aromatic rings. The summed E-state index contributed by atoms with van der Waals surface area (Å²) in [4.78, 5) is 17.7. The second kappa shape index (κ2) is 6.24. The Labute approximate surface area is 135 Å². The van der Waals surface area contributed by atoms with E-state index in [2.05, 4.69) is 31.0 Å². The molecule has 0 saturated carbocycles. The number of tetrazole rings is 1. The van der Waals surface area contributed by atoms with Gasteiger partial charge in [0.1, 0.15) is 11.3 Å². The van der Waals surface area contributed by atoms with Gasteiger partial charge < -0.3 is 9.84 Å². The molecule has 0 atom stereocenters. The monoisotopic (exact) mass is 333 g/mol. The molecular formula is C13H15N7O2S. The first-order valence-electron chi connectivity index (χ1n) is 6.97. The molecule has 3 heterocycles. The maximum atomic E-state index is 12.5. The highest BCUT2D eigenvalue weighted by atomic mass is 32.1. The third-order valence-electron chi connectivity index (χ3n) is 3.34. The summed E-state index contributed by atoms with van der Waals surface area (Å²) in [5.41, 5.74) is 1.51. The summed E-state index contributed by atoms with van der Waals surface area (Å²) in [6.07, 6.45) is 1.96. The summed E-state index contributed by atoms with van der Waals surface area (Å²) in [5.74, 6) is 0.909. The molecule has 1 N–H and O–H groups in total. The minimum absolute atomic E-state index is 0.173. The van der Waals surface area contributed by atoms with Crippen molar-refractivity contribution in [3.63, 3.8) is 0 Å². The predicted molar refractivity (Wildman–Crippen MR) is 81.6 cm³/mol. The van der Waals surface area contributed by atoms with Gasteiger partial charge in [0.15, 0.2) is 5.82 Å². The highest BCUT2D eigenvalue weighted by Crippen LogP contribution is 2.29. The molecule has 0 unspecified atom stereocenters. The number of carbonyl (C=O) groups excluding carboxylic acids is 1. The van der Waals surface area contributed by atoms with Gasteiger partial charge in [-0.2, -0.15) is 9.67 Å². The zero-order valence-electron chi connectivity index (χ0n) is 12.9. The van der Waals surface area contributed by atoms with Gasteiger partial charge in [0.05, 0.1) is 5.56 Å². The number of aromatic nitrogens is 6. The lowest BCUT2D eigenvalue weighted by Gasteiger charge is -2.06. The maximum absolute atomic E-state index is 12.5. The van der Waals surface area contributed by atoms with Gasteiger partial charge in [0.2, 0.25) is 5.89 Å². The number of hydrogen-bond donors (Lipinski definition) is 1. The van der Waals surface area contributed by atoms with Gasteiger partial charge in [-0.05, 0) is 36.8 Å². The predicted octanol–water partition coefficient (Wildman–Crippen LogP) is 1.00. The molecule has 0 fully saturated rings. The zero-order valence-corrected chi connectivity index (χ0v) is 13.7. The van der Waals surface area contributed by atoms with Crippen molar-refractivity contribution in [2.75, 3.05) is 6.54 Å². The summed E-state index contributed by atoms with van der Waals surface area (Å²) in [6, 6.07) is 0. The lowest BCUT2D eigenvalue weighted by Crippen LogP contribution is -2.27. The first-order valence-corrected chi connectivity index (χ1v) is 7.78. The van der Waals surface area contributed by atoms with E-state index in [1.807, 2.05) is 13.8 Å². The van der Waals surface area contributed by atoms with Crippen LogP contribution in [0.1, 0.15) is 32.5 Å². The van der Waals surface area contributed by atoms with Crippen molar-refractivity contribution in [3.05, 3.63) is 34.0 Å². The van der Waals surface area contributed by atoms with E-state index in [9.17, 15) is 4.79 Å². The van der Waals surface area contributed by atoms with E-state index in [-0.39, 0.29) is 5.91 Å². The molecule has 3 aromatic heterocycles. The number of nitrogens with zero attached hydrogens (tertiary/aromatic N) is 6. The Morgan fingerprint density at radius 3 is 2.87 bits per heavy atom. The molecule has 0 spiro atoms. The minimum atomic E-state index is -0.173. The van der Waals surface area contributed by atoms with Crippen molar-refractivity contribution >= 4 is 17.2 Å². The highest BCUT2D eigenvalue weighted by Gasteiger charge is 2.21. The van der Waals surface area contributed by atoms with Crippen molar-refractivity contribution in [1.29, 1.82) is 0 Å². The zero-order chi connectivity index (χ0) is 16.4. The fourth-order valence-electron chi connectivity index (χ4n) is 2.11. The molecule has 0 radical (unpaired) electrons. The molecule has 3 rings (SSSR count). The van der Waals surface area contributed by atoms with Crippen molar-refractivity contribution < 1.29 is 9.32 Å². The summed E-state index contributed by atoms with van der Waals surface area (Å²) in [5, 5.41) is 18.4. The maximum Gasteiger partial charge on any atom is 0.254 e. The van der Waals surface area contributed by atoms with Crippen LogP contribution in [0.15, 0.2) is 10.9 Å². The number of hydrogen-bond acceptors (Lipinski definition) is 8. The fourth-order valence-corrected chi connectivity index (χ4v) is 3.18. The number of nitrogens with one attached hydrogen (secondary N) is 1. The van der Waals surface area contributed by atoms with Crippen molar-refractivity contribution in [3.8, 4) is 5.00 Å². The third-order valence-corrected chi connectivity index (χ3v) is 4.54. The molecule has 0 aromatic carbocycles. The minimum Gasteiger partial charge on any atom is -0.351 e. The molecule has 0 aliphatic carbocycles. The van der Waals surface area contributed by atoms with Gasteiger partial charge in [-0.15, -0.1) is 16.4 Å². The van der Waals surface area contributed by atoms with Crippen LogP contribution in [-0.2, 0) is 6.42 Å². The van der Waals surface area contributed by atoms with Crippen LogP contribution in [0.5, 0.6) is 0 Å². The van der Waals surface area contributed by atoms with Crippen LogP contribution in [-0.4, -0.2) is 42.8 Å². The fraction of sp³-hybridized carbons (Fsp3) is 0.385. The normalized spacial score (nSPS) is 10.9. The molecule has 0 saturated heterocycles. The summed E-state index contributed by atoms with van der Waals surface area (Å²) in [6.45, 7) is 6.03. The van der Waals surface area contributed by atoms with Crippen molar-refractivity contribution in [2.24, 2.45) is 0 Å². The average molecular weight is 333 g/mol. The summed E-state index contributed by atoms with van der Waals surface area (Å²) >= 11 is 1.48. The number of aryl methyl sites for hydroxylation is 2. The molecule has 23 heavy (non-hydrogen) atoms. The van der Waals surface area contributed by atoms with Crippen molar-refractivity contribution in [2.45, 2.75) is 27.2 Å². The van der Waals surface area contributed by atoms with Crippen LogP contribution in [0.3, 0.4) is 0 Å². The topological polar surface area (TPSA) is 112 Å². The average Bonchev–Trinajstić information content (AvgIpc) is 3.22. The quantitative estimate of drug-likeness (QED) is 0.741. The number of rotatable bonds is 5. The van der Waals surface area contributed by atoms with Crippen LogP contribution < -0.4 is 5.32 Å². The van der Waals surface area contributed by atoms with E-state index in [0.29, 0.717) is 35.2 Å². The van der Waals surface area contributed by atoms with Crippen LogP contribution >= 0.6 is 11.3 Å². The largest absolute Gasteiger partial charge is 0.351 e. The van der Waals surface area contributed by atoms with E-state index in [1.165, 1.54) is 22.3 Å². The molecule has 0 bridgehead atoms.